The van der Waals surface area contributed by atoms with Crippen LogP contribution in [-0.2, 0) is 4.79 Å². The van der Waals surface area contributed by atoms with E-state index in [4.69, 9.17) is 21.4 Å². The number of nitrogens with zero attached hydrogens (tertiary/aromatic N) is 2. The summed E-state index contributed by atoms with van der Waals surface area (Å²) in [4.78, 5) is 36.4. The van der Waals surface area contributed by atoms with Gasteiger partial charge in [-0.2, -0.15) is 0 Å². The summed E-state index contributed by atoms with van der Waals surface area (Å²) in [5, 5.41) is 12.4. The second-order valence-corrected chi connectivity index (χ2v) is 10.8. The van der Waals surface area contributed by atoms with E-state index in [0.717, 1.165) is 14.7 Å². The maximum absolute atomic E-state index is 13.8. The number of aliphatic hydroxyl groups excluding tert-OH is 1. The molecule has 4 aromatic rings. The molecule has 3 atom stereocenters. The lowest BCUT2D eigenvalue weighted by molar-refractivity contribution is -0.129. The van der Waals surface area contributed by atoms with Gasteiger partial charge >= 0.3 is 6.03 Å². The number of urea groups is 1. The van der Waals surface area contributed by atoms with E-state index in [1.165, 1.54) is 4.90 Å². The Hall–Kier alpha value is -3.41. The minimum Gasteiger partial charge on any atom is -0.491 e. The number of aromatic nitrogens is 2. The van der Waals surface area contributed by atoms with Crippen LogP contribution in [0.1, 0.15) is 41.9 Å². The topological polar surface area (TPSA) is 108 Å². The third-order valence-corrected chi connectivity index (χ3v) is 7.70. The number of carbonyl (C=O) groups excluding carboxylic acids is 2. The van der Waals surface area contributed by atoms with Crippen molar-refractivity contribution in [1.29, 1.82) is 0 Å². The monoisotopic (exact) mass is 656 g/mol. The molecular formula is C29H26ClIN4O4. The molecule has 0 aliphatic carbocycles. The zero-order chi connectivity index (χ0) is 27.5. The van der Waals surface area contributed by atoms with Gasteiger partial charge in [0.1, 0.15) is 30.3 Å². The Morgan fingerprint density at radius 2 is 1.85 bits per heavy atom. The number of rotatable bonds is 9. The van der Waals surface area contributed by atoms with Crippen LogP contribution in [0.25, 0.3) is 11.3 Å². The normalized spacial score (nSPS) is 16.7. The van der Waals surface area contributed by atoms with Gasteiger partial charge in [-0.15, -0.1) is 0 Å². The van der Waals surface area contributed by atoms with Crippen molar-refractivity contribution in [2.45, 2.75) is 24.9 Å². The lowest BCUT2D eigenvalue weighted by Crippen LogP contribution is -2.38. The molecule has 39 heavy (non-hydrogen) atoms. The van der Waals surface area contributed by atoms with Gasteiger partial charge in [0.15, 0.2) is 0 Å². The van der Waals surface area contributed by atoms with E-state index in [1.807, 2.05) is 55.5 Å². The Bertz CT molecular complexity index is 1480. The van der Waals surface area contributed by atoms with Crippen molar-refractivity contribution >= 4 is 46.1 Å². The maximum atomic E-state index is 13.8. The number of aromatic amines is 1. The van der Waals surface area contributed by atoms with Crippen LogP contribution >= 0.6 is 34.2 Å². The van der Waals surface area contributed by atoms with Gasteiger partial charge in [-0.1, -0.05) is 67.1 Å². The summed E-state index contributed by atoms with van der Waals surface area (Å²) in [6, 6.07) is 20.3. The quantitative estimate of drug-likeness (QED) is 0.155. The molecule has 3 aromatic carbocycles. The average Bonchev–Trinajstić information content (AvgIpc) is 3.53. The summed E-state index contributed by atoms with van der Waals surface area (Å²) in [6.45, 7) is 2.05. The van der Waals surface area contributed by atoms with Crippen LogP contribution in [0.2, 0.25) is 5.02 Å². The number of imidazole rings is 1. The third-order valence-electron chi connectivity index (χ3n) is 6.72. The number of aliphatic hydroxyl groups is 1. The molecule has 1 aliphatic rings. The van der Waals surface area contributed by atoms with Crippen LogP contribution in [0.4, 0.5) is 4.79 Å². The van der Waals surface area contributed by atoms with E-state index >= 15 is 0 Å². The molecular weight excluding hydrogens is 631 g/mol. The molecule has 1 aromatic heterocycles. The molecule has 8 nitrogen and oxygen atoms in total. The van der Waals surface area contributed by atoms with E-state index in [0.29, 0.717) is 27.9 Å². The lowest BCUT2D eigenvalue weighted by Gasteiger charge is -2.29. The molecule has 5 rings (SSSR count). The van der Waals surface area contributed by atoms with Gasteiger partial charge in [-0.05, 0) is 58.0 Å². The fraction of sp³-hybridized carbons (Fsp3) is 0.207. The van der Waals surface area contributed by atoms with Crippen LogP contribution in [0.5, 0.6) is 5.75 Å². The fourth-order valence-corrected chi connectivity index (χ4v) is 5.71. The van der Waals surface area contributed by atoms with Crippen molar-refractivity contribution in [3.8, 4) is 17.0 Å². The maximum Gasteiger partial charge on any atom is 0.325 e. The van der Waals surface area contributed by atoms with Crippen molar-refractivity contribution < 1.29 is 19.4 Å². The summed E-state index contributed by atoms with van der Waals surface area (Å²) >= 11 is 8.71. The van der Waals surface area contributed by atoms with E-state index in [2.05, 4.69) is 37.9 Å². The Kier molecular flexibility index (Phi) is 8.20. The Morgan fingerprint density at radius 1 is 1.10 bits per heavy atom. The third kappa shape index (κ3) is 5.66. The van der Waals surface area contributed by atoms with Gasteiger partial charge in [0, 0.05) is 15.1 Å². The zero-order valence-corrected chi connectivity index (χ0v) is 23.9. The number of carbonyl (C=O) groups is 2. The number of H-pyrrole nitrogens is 1. The number of halogens is 2. The smallest absolute Gasteiger partial charge is 0.325 e. The van der Waals surface area contributed by atoms with Crippen LogP contribution in [-0.4, -0.2) is 45.1 Å². The van der Waals surface area contributed by atoms with Crippen molar-refractivity contribution in [1.82, 2.24) is 20.2 Å². The van der Waals surface area contributed by atoms with Crippen LogP contribution in [0.3, 0.4) is 0 Å². The standard InChI is InChI=1S/C29H26ClIN4O4/c1-17(18-5-3-2-4-6-18)26(27-32-16-24(33-27)22-12-9-20(31)15-23(22)30)35-28(37)25(34-29(35)38)19-7-10-21(11-8-19)39-14-13-36/h2-12,15-17,25-26,36H,13-14H2,1H3,(H,32,33)(H,34,38)/t17-,25?,26-/m0/s1. The van der Waals surface area contributed by atoms with E-state index in [1.54, 1.807) is 30.5 Å². The van der Waals surface area contributed by atoms with Gasteiger partial charge in [0.25, 0.3) is 5.91 Å². The van der Waals surface area contributed by atoms with Crippen LogP contribution < -0.4 is 10.1 Å². The second kappa shape index (κ2) is 11.8. The van der Waals surface area contributed by atoms with Gasteiger partial charge < -0.3 is 20.1 Å². The second-order valence-electron chi connectivity index (χ2n) is 9.18. The minimum atomic E-state index is -0.852. The Morgan fingerprint density at radius 3 is 2.54 bits per heavy atom. The molecule has 3 amide bonds. The zero-order valence-electron chi connectivity index (χ0n) is 21.0. The molecule has 0 spiro atoms. The molecule has 1 aliphatic heterocycles. The predicted octanol–water partition coefficient (Wildman–Crippen LogP) is 5.84. The number of hydrogen-bond acceptors (Lipinski definition) is 5. The molecule has 1 saturated heterocycles. The first kappa shape index (κ1) is 27.2. The Labute approximate surface area is 244 Å². The molecule has 200 valence electrons. The predicted molar refractivity (Wildman–Crippen MR) is 156 cm³/mol. The lowest BCUT2D eigenvalue weighted by atomic mass is 9.91. The van der Waals surface area contributed by atoms with Crippen LogP contribution in [0.15, 0.2) is 79.0 Å². The first-order valence-electron chi connectivity index (χ1n) is 12.4. The van der Waals surface area contributed by atoms with Crippen molar-refractivity contribution in [3.05, 3.63) is 105 Å². The molecule has 0 bridgehead atoms. The molecule has 3 N–H and O–H groups in total. The molecule has 0 saturated carbocycles. The van der Waals surface area contributed by atoms with Crippen molar-refractivity contribution in [2.24, 2.45) is 0 Å². The Balaban J connectivity index is 1.50. The highest BCUT2D eigenvalue weighted by atomic mass is 127. The van der Waals surface area contributed by atoms with Gasteiger partial charge in [0.2, 0.25) is 0 Å². The molecule has 1 unspecified atom stereocenters. The number of nitrogens with one attached hydrogen (secondary N) is 2. The summed E-state index contributed by atoms with van der Waals surface area (Å²) in [5.74, 6) is 0.407. The number of benzene rings is 3. The summed E-state index contributed by atoms with van der Waals surface area (Å²) in [5.41, 5.74) is 3.06. The van der Waals surface area contributed by atoms with Crippen LogP contribution in [0, 0.1) is 3.57 Å². The highest BCUT2D eigenvalue weighted by molar-refractivity contribution is 14.1. The highest BCUT2D eigenvalue weighted by Crippen LogP contribution is 2.40. The van der Waals surface area contributed by atoms with Gasteiger partial charge in [0.05, 0.1) is 23.5 Å². The van der Waals surface area contributed by atoms with Crippen molar-refractivity contribution in [3.63, 3.8) is 0 Å². The molecule has 2 heterocycles. The number of hydrogen-bond donors (Lipinski definition) is 3. The molecule has 10 heteroatoms. The van der Waals surface area contributed by atoms with E-state index in [9.17, 15) is 9.59 Å². The SMILES string of the molecule is C[C@@H](c1ccccc1)[C@@H](c1ncc(-c2ccc(I)cc2Cl)[nH]1)N1C(=O)NC(c2ccc(OCCO)cc2)C1=O. The first-order valence-corrected chi connectivity index (χ1v) is 13.9. The van der Waals surface area contributed by atoms with Gasteiger partial charge in [-0.25, -0.2) is 9.78 Å². The average molecular weight is 657 g/mol. The van der Waals surface area contributed by atoms with Gasteiger partial charge in [-0.3, -0.25) is 9.69 Å². The fourth-order valence-electron chi connectivity index (χ4n) is 4.76. The highest BCUT2D eigenvalue weighted by Gasteiger charge is 2.46. The molecule has 1 fully saturated rings. The van der Waals surface area contributed by atoms with E-state index < -0.39 is 18.1 Å². The number of amides is 3. The van der Waals surface area contributed by atoms with E-state index in [-0.39, 0.29) is 25.0 Å². The minimum absolute atomic E-state index is 0.0981. The van der Waals surface area contributed by atoms with Crippen molar-refractivity contribution in [2.75, 3.05) is 13.2 Å². The summed E-state index contributed by atoms with van der Waals surface area (Å²) < 4.78 is 6.43. The molecule has 0 radical (unpaired) electrons. The summed E-state index contributed by atoms with van der Waals surface area (Å²) in [7, 11) is 0. The summed E-state index contributed by atoms with van der Waals surface area (Å²) in [6.07, 6.45) is 1.68. The number of imide groups is 1. The first-order chi connectivity index (χ1) is 18.9. The largest absolute Gasteiger partial charge is 0.491 e. The number of ether oxygens (including phenoxy) is 1.